The fraction of sp³-hybridized carbons (Fsp3) is 0.357. The molecule has 0 spiro atoms. The first-order chi connectivity index (χ1) is 18.5. The van der Waals surface area contributed by atoms with Crippen LogP contribution in [0.2, 0.25) is 0 Å². The molecule has 0 aliphatic carbocycles. The van der Waals surface area contributed by atoms with Gasteiger partial charge in [-0.3, -0.25) is 10.1 Å². The largest absolute Gasteiger partial charge is 0.450 e. The van der Waals surface area contributed by atoms with Crippen molar-refractivity contribution in [3.63, 3.8) is 0 Å². The fourth-order valence-electron chi connectivity index (χ4n) is 4.40. The molecular formula is C28H33N5O4S. The molecule has 38 heavy (non-hydrogen) atoms. The monoisotopic (exact) mass is 535 g/mol. The van der Waals surface area contributed by atoms with Gasteiger partial charge in [0.05, 0.1) is 18.7 Å². The predicted octanol–water partition coefficient (Wildman–Crippen LogP) is 4.33. The molecule has 0 unspecified atom stereocenters. The van der Waals surface area contributed by atoms with Gasteiger partial charge in [0.2, 0.25) is 5.91 Å². The number of hydrogen-bond donors (Lipinski definition) is 2. The van der Waals surface area contributed by atoms with Crippen LogP contribution in [0.5, 0.6) is 0 Å². The smallest absolute Gasteiger partial charge is 0.409 e. The Hall–Kier alpha value is -3.92. The van der Waals surface area contributed by atoms with E-state index >= 15 is 0 Å². The molecule has 2 N–H and O–H groups in total. The number of aromatic nitrogens is 1. The molecule has 1 aromatic heterocycles. The molecule has 0 saturated carbocycles. The summed E-state index contributed by atoms with van der Waals surface area (Å²) in [5.41, 5.74) is 3.04. The summed E-state index contributed by atoms with van der Waals surface area (Å²) in [6.07, 6.45) is 0.569. The summed E-state index contributed by atoms with van der Waals surface area (Å²) in [6.45, 7) is 4.30. The van der Waals surface area contributed by atoms with Gasteiger partial charge in [0.15, 0.2) is 5.13 Å². The first-order valence-corrected chi connectivity index (χ1v) is 13.7. The first-order valence-electron chi connectivity index (χ1n) is 12.8. The van der Waals surface area contributed by atoms with Crippen LogP contribution < -0.4 is 10.6 Å². The summed E-state index contributed by atoms with van der Waals surface area (Å²) in [5.74, 6) is 0.0843. The number of ether oxygens (including phenoxy) is 1. The molecular weight excluding hydrogens is 502 g/mol. The highest BCUT2D eigenvalue weighted by Gasteiger charge is 2.25. The van der Waals surface area contributed by atoms with Crippen molar-refractivity contribution in [3.05, 3.63) is 82.9 Å². The molecule has 1 aliphatic rings. The number of piperazine rings is 1. The molecule has 0 radical (unpaired) electrons. The number of nitrogens with one attached hydrogen (secondary N) is 2. The lowest BCUT2D eigenvalue weighted by atomic mass is 9.88. The van der Waals surface area contributed by atoms with Crippen LogP contribution in [-0.2, 0) is 16.0 Å². The second-order valence-corrected chi connectivity index (χ2v) is 9.79. The third-order valence-corrected chi connectivity index (χ3v) is 7.17. The second-order valence-electron chi connectivity index (χ2n) is 8.94. The van der Waals surface area contributed by atoms with Crippen LogP contribution in [0.15, 0.2) is 66.0 Å². The Balaban J connectivity index is 1.22. The number of carbonyl (C=O) groups excluding carboxylic acids is 3. The summed E-state index contributed by atoms with van der Waals surface area (Å²) < 4.78 is 5.01. The maximum atomic E-state index is 12.6. The summed E-state index contributed by atoms with van der Waals surface area (Å²) in [6, 6.07) is 20.3. The number of rotatable bonds is 9. The molecule has 1 aliphatic heterocycles. The number of benzene rings is 2. The van der Waals surface area contributed by atoms with E-state index in [1.165, 1.54) is 22.5 Å². The Kier molecular flexibility index (Phi) is 9.69. The Bertz CT molecular complexity index is 1160. The number of carbonyl (C=O) groups is 3. The van der Waals surface area contributed by atoms with Gasteiger partial charge in [-0.05, 0) is 24.5 Å². The Labute approximate surface area is 226 Å². The summed E-state index contributed by atoms with van der Waals surface area (Å²) in [5, 5.41) is 8.04. The fourth-order valence-corrected chi connectivity index (χ4v) is 5.10. The molecule has 4 amide bonds. The summed E-state index contributed by atoms with van der Waals surface area (Å²) in [4.78, 5) is 44.7. The topological polar surface area (TPSA) is 104 Å². The van der Waals surface area contributed by atoms with Crippen molar-refractivity contribution in [3.8, 4) is 0 Å². The van der Waals surface area contributed by atoms with E-state index in [0.717, 1.165) is 6.42 Å². The number of nitrogens with zero attached hydrogens (tertiary/aromatic N) is 3. The number of anilines is 1. The van der Waals surface area contributed by atoms with Gasteiger partial charge in [0.1, 0.15) is 0 Å². The van der Waals surface area contributed by atoms with Crippen LogP contribution in [0.3, 0.4) is 0 Å². The Morgan fingerprint density at radius 1 is 0.947 bits per heavy atom. The third kappa shape index (κ3) is 7.55. The van der Waals surface area contributed by atoms with Crippen molar-refractivity contribution in [2.75, 3.05) is 44.6 Å². The lowest BCUT2D eigenvalue weighted by molar-refractivity contribution is -0.120. The molecule has 0 bridgehead atoms. The van der Waals surface area contributed by atoms with Gasteiger partial charge in [0.25, 0.3) is 0 Å². The quantitative estimate of drug-likeness (QED) is 0.425. The van der Waals surface area contributed by atoms with Gasteiger partial charge in [-0.15, -0.1) is 11.3 Å². The van der Waals surface area contributed by atoms with Crippen LogP contribution in [0.4, 0.5) is 14.7 Å². The zero-order valence-electron chi connectivity index (χ0n) is 21.5. The van der Waals surface area contributed by atoms with Gasteiger partial charge in [-0.1, -0.05) is 60.7 Å². The molecule has 2 heterocycles. The predicted molar refractivity (Wildman–Crippen MR) is 147 cm³/mol. The first kappa shape index (κ1) is 27.1. The van der Waals surface area contributed by atoms with Crippen LogP contribution in [0, 0.1) is 0 Å². The maximum Gasteiger partial charge on any atom is 0.409 e. The van der Waals surface area contributed by atoms with Crippen molar-refractivity contribution >= 4 is 34.5 Å². The van der Waals surface area contributed by atoms with Crippen LogP contribution in [-0.4, -0.2) is 72.1 Å². The maximum absolute atomic E-state index is 12.6. The zero-order chi connectivity index (χ0) is 26.7. The van der Waals surface area contributed by atoms with Crippen molar-refractivity contribution < 1.29 is 19.1 Å². The summed E-state index contributed by atoms with van der Waals surface area (Å²) in [7, 11) is 0. The lowest BCUT2D eigenvalue weighted by Gasteiger charge is -2.33. The molecule has 0 atom stereocenters. The van der Waals surface area contributed by atoms with Crippen molar-refractivity contribution in [2.24, 2.45) is 0 Å². The van der Waals surface area contributed by atoms with Crippen LogP contribution in [0.1, 0.15) is 36.1 Å². The normalized spacial score (nSPS) is 13.3. The van der Waals surface area contributed by atoms with Crippen LogP contribution in [0.25, 0.3) is 0 Å². The van der Waals surface area contributed by atoms with Gasteiger partial charge in [0, 0.05) is 44.0 Å². The number of urea groups is 1. The molecule has 2 aromatic carbocycles. The van der Waals surface area contributed by atoms with Crippen LogP contribution >= 0.6 is 11.3 Å². The summed E-state index contributed by atoms with van der Waals surface area (Å²) >= 11 is 1.28. The minimum atomic E-state index is -0.356. The zero-order valence-corrected chi connectivity index (χ0v) is 22.3. The molecule has 10 heteroatoms. The molecule has 1 saturated heterocycles. The number of amides is 4. The highest BCUT2D eigenvalue weighted by molar-refractivity contribution is 7.13. The average Bonchev–Trinajstić information content (AvgIpc) is 3.38. The Morgan fingerprint density at radius 2 is 1.55 bits per heavy atom. The molecule has 1 fully saturated rings. The van der Waals surface area contributed by atoms with E-state index < -0.39 is 0 Å². The molecule has 3 aromatic rings. The van der Waals surface area contributed by atoms with Gasteiger partial charge < -0.3 is 19.9 Å². The highest BCUT2D eigenvalue weighted by Crippen LogP contribution is 2.27. The van der Waals surface area contributed by atoms with Crippen molar-refractivity contribution in [1.29, 1.82) is 0 Å². The van der Waals surface area contributed by atoms with E-state index in [2.05, 4.69) is 39.9 Å². The van der Waals surface area contributed by atoms with Crippen molar-refractivity contribution in [1.82, 2.24) is 20.1 Å². The minimum Gasteiger partial charge on any atom is -0.450 e. The minimum absolute atomic E-state index is 0.108. The van der Waals surface area contributed by atoms with E-state index in [1.54, 1.807) is 22.1 Å². The second kappa shape index (κ2) is 13.6. The van der Waals surface area contributed by atoms with Gasteiger partial charge in [-0.25, -0.2) is 14.6 Å². The molecule has 4 rings (SSSR count). The van der Waals surface area contributed by atoms with Gasteiger partial charge in [-0.2, -0.15) is 0 Å². The average molecular weight is 536 g/mol. The van der Waals surface area contributed by atoms with E-state index in [0.29, 0.717) is 50.2 Å². The lowest BCUT2D eigenvalue weighted by Crippen LogP contribution is -2.51. The third-order valence-electron chi connectivity index (χ3n) is 6.36. The Morgan fingerprint density at radius 3 is 2.16 bits per heavy atom. The molecule has 200 valence electrons. The SMILES string of the molecule is CCOC(=O)N1CCN(C(=O)Nc2nc(CC(=O)NCCC(c3ccccc3)c3ccccc3)cs2)CC1. The van der Waals surface area contributed by atoms with Crippen molar-refractivity contribution in [2.45, 2.75) is 25.7 Å². The van der Waals surface area contributed by atoms with E-state index in [4.69, 9.17) is 4.74 Å². The van der Waals surface area contributed by atoms with E-state index in [1.807, 2.05) is 36.4 Å². The van der Waals surface area contributed by atoms with E-state index in [9.17, 15) is 14.4 Å². The molecule has 9 nitrogen and oxygen atoms in total. The highest BCUT2D eigenvalue weighted by atomic mass is 32.1. The standard InChI is InChI=1S/C28H33N5O4S/c1-2-37-28(36)33-17-15-32(16-18-33)27(35)31-26-30-23(20-38-26)19-25(34)29-14-13-24(21-9-5-3-6-10-21)22-11-7-4-8-12-22/h3-12,20,24H,2,13-19H2,1H3,(H,29,34)(H,30,31,35). The van der Waals surface area contributed by atoms with E-state index in [-0.39, 0.29) is 30.4 Å². The number of thiazole rings is 1. The van der Waals surface area contributed by atoms with Gasteiger partial charge >= 0.3 is 12.1 Å². The number of hydrogen-bond acceptors (Lipinski definition) is 6.